The van der Waals surface area contributed by atoms with E-state index in [0.717, 1.165) is 11.3 Å². The maximum atomic E-state index is 12.2. The molecule has 0 saturated heterocycles. The van der Waals surface area contributed by atoms with Crippen LogP contribution in [0, 0.1) is 11.3 Å². The maximum Gasteiger partial charge on any atom is 0.178 e. The third-order valence-corrected chi connectivity index (χ3v) is 3.46. The van der Waals surface area contributed by atoms with E-state index in [1.54, 1.807) is 41.4 Å². The number of carbonyl (C=O) groups is 1. The molecule has 2 aromatic heterocycles. The smallest absolute Gasteiger partial charge is 0.178 e. The van der Waals surface area contributed by atoms with Crippen LogP contribution in [0.15, 0.2) is 73.2 Å². The van der Waals surface area contributed by atoms with Crippen LogP contribution in [-0.2, 0) is 4.79 Å². The van der Waals surface area contributed by atoms with Crippen molar-refractivity contribution in [2.24, 2.45) is 0 Å². The second kappa shape index (κ2) is 7.16. The van der Waals surface area contributed by atoms with Gasteiger partial charge in [-0.05, 0) is 36.4 Å². The number of hydrogen-bond acceptors (Lipinski definition) is 4. The van der Waals surface area contributed by atoms with Crippen LogP contribution in [-0.4, -0.2) is 20.5 Å². The fourth-order valence-corrected chi connectivity index (χ4v) is 2.24. The molecule has 24 heavy (non-hydrogen) atoms. The Kier molecular flexibility index (Phi) is 4.59. The number of ketones is 1. The number of pyridine rings is 1. The molecule has 5 nitrogen and oxygen atoms in total. The summed E-state index contributed by atoms with van der Waals surface area (Å²) in [5, 5.41) is 13.5. The van der Waals surface area contributed by atoms with Gasteiger partial charge in [0.2, 0.25) is 0 Å². The molecule has 0 bridgehead atoms. The predicted molar refractivity (Wildman–Crippen MR) is 90.2 cm³/mol. The predicted octanol–water partition coefficient (Wildman–Crippen LogP) is 3.16. The Morgan fingerprint density at radius 1 is 1.17 bits per heavy atom. The quantitative estimate of drug-likeness (QED) is 0.678. The first-order chi connectivity index (χ1) is 11.8. The van der Waals surface area contributed by atoms with Crippen molar-refractivity contribution in [3.05, 3.63) is 84.5 Å². The zero-order chi connectivity index (χ0) is 16.8. The molecule has 3 aromatic rings. The SMILES string of the molecule is N#C[C@@H](C(=O)/C=C\c1cnn(-c2ccccc2)c1)c1ccccn1. The van der Waals surface area contributed by atoms with E-state index in [-0.39, 0.29) is 5.78 Å². The molecule has 0 unspecified atom stereocenters. The Balaban J connectivity index is 1.75. The highest BCUT2D eigenvalue weighted by Gasteiger charge is 2.18. The molecule has 1 atom stereocenters. The second-order valence-electron chi connectivity index (χ2n) is 5.11. The van der Waals surface area contributed by atoms with E-state index < -0.39 is 5.92 Å². The number of allylic oxidation sites excluding steroid dienone is 1. The molecular weight excluding hydrogens is 300 g/mol. The Hall–Kier alpha value is -3.52. The zero-order valence-electron chi connectivity index (χ0n) is 12.8. The van der Waals surface area contributed by atoms with Gasteiger partial charge in [0, 0.05) is 18.0 Å². The maximum absolute atomic E-state index is 12.2. The number of aromatic nitrogens is 3. The lowest BCUT2D eigenvalue weighted by Gasteiger charge is -2.03. The summed E-state index contributed by atoms with van der Waals surface area (Å²) in [7, 11) is 0. The van der Waals surface area contributed by atoms with Crippen LogP contribution >= 0.6 is 0 Å². The normalized spacial score (nSPS) is 12.0. The van der Waals surface area contributed by atoms with E-state index in [2.05, 4.69) is 10.1 Å². The minimum atomic E-state index is -0.897. The fourth-order valence-electron chi connectivity index (χ4n) is 2.24. The first kappa shape index (κ1) is 15.4. The zero-order valence-corrected chi connectivity index (χ0v) is 12.8. The molecule has 0 radical (unpaired) electrons. The van der Waals surface area contributed by atoms with Crippen molar-refractivity contribution >= 4 is 11.9 Å². The third kappa shape index (κ3) is 3.45. The number of hydrogen-bond donors (Lipinski definition) is 0. The number of carbonyl (C=O) groups excluding carboxylic acids is 1. The summed E-state index contributed by atoms with van der Waals surface area (Å²) >= 11 is 0. The summed E-state index contributed by atoms with van der Waals surface area (Å²) in [5.74, 6) is -1.20. The fraction of sp³-hybridized carbons (Fsp3) is 0.0526. The van der Waals surface area contributed by atoms with Gasteiger partial charge >= 0.3 is 0 Å². The molecular formula is C19H14N4O. The van der Waals surface area contributed by atoms with Gasteiger partial charge in [0.15, 0.2) is 11.7 Å². The van der Waals surface area contributed by atoms with Crippen molar-refractivity contribution in [3.8, 4) is 11.8 Å². The van der Waals surface area contributed by atoms with E-state index >= 15 is 0 Å². The van der Waals surface area contributed by atoms with Crippen LogP contribution in [0.4, 0.5) is 0 Å². The van der Waals surface area contributed by atoms with E-state index in [1.807, 2.05) is 42.6 Å². The van der Waals surface area contributed by atoms with E-state index in [9.17, 15) is 10.1 Å². The number of nitrogens with zero attached hydrogens (tertiary/aromatic N) is 4. The molecule has 2 heterocycles. The van der Waals surface area contributed by atoms with Crippen LogP contribution in [0.5, 0.6) is 0 Å². The van der Waals surface area contributed by atoms with Crippen LogP contribution in [0.2, 0.25) is 0 Å². The Morgan fingerprint density at radius 3 is 2.67 bits per heavy atom. The number of para-hydroxylation sites is 1. The van der Waals surface area contributed by atoms with Crippen molar-refractivity contribution in [3.63, 3.8) is 0 Å². The summed E-state index contributed by atoms with van der Waals surface area (Å²) in [5.41, 5.74) is 2.17. The van der Waals surface area contributed by atoms with E-state index in [1.165, 1.54) is 6.08 Å². The second-order valence-corrected chi connectivity index (χ2v) is 5.11. The Labute approximate surface area is 139 Å². The first-order valence-electron chi connectivity index (χ1n) is 7.40. The largest absolute Gasteiger partial charge is 0.293 e. The minimum absolute atomic E-state index is 0.302. The molecule has 0 aliphatic heterocycles. The van der Waals surface area contributed by atoms with Gasteiger partial charge < -0.3 is 0 Å². The molecule has 0 saturated carbocycles. The van der Waals surface area contributed by atoms with Crippen molar-refractivity contribution in [1.29, 1.82) is 5.26 Å². The summed E-state index contributed by atoms with van der Waals surface area (Å²) in [6, 6.07) is 16.9. The van der Waals surface area contributed by atoms with Gasteiger partial charge in [-0.15, -0.1) is 0 Å². The first-order valence-corrected chi connectivity index (χ1v) is 7.40. The number of benzene rings is 1. The van der Waals surface area contributed by atoms with E-state index in [4.69, 9.17) is 0 Å². The van der Waals surface area contributed by atoms with Crippen molar-refractivity contribution in [2.75, 3.05) is 0 Å². The number of nitriles is 1. The molecule has 0 spiro atoms. The van der Waals surface area contributed by atoms with Gasteiger partial charge in [-0.2, -0.15) is 10.4 Å². The van der Waals surface area contributed by atoms with Gasteiger partial charge in [0.05, 0.1) is 23.6 Å². The highest BCUT2D eigenvalue weighted by atomic mass is 16.1. The lowest BCUT2D eigenvalue weighted by molar-refractivity contribution is -0.114. The standard InChI is InChI=1S/C19H14N4O/c20-12-17(18-8-4-5-11-21-18)19(24)10-9-15-13-22-23(14-15)16-6-2-1-3-7-16/h1-11,13-14,17H/b10-9-/t17-/m1/s1. The van der Waals surface area contributed by atoms with Gasteiger partial charge in [-0.1, -0.05) is 24.3 Å². The van der Waals surface area contributed by atoms with Gasteiger partial charge in [0.25, 0.3) is 0 Å². The summed E-state index contributed by atoms with van der Waals surface area (Å²) in [6.07, 6.45) is 8.11. The van der Waals surface area contributed by atoms with Crippen LogP contribution < -0.4 is 0 Å². The van der Waals surface area contributed by atoms with E-state index in [0.29, 0.717) is 5.69 Å². The molecule has 0 amide bonds. The van der Waals surface area contributed by atoms with Crippen LogP contribution in [0.3, 0.4) is 0 Å². The minimum Gasteiger partial charge on any atom is -0.293 e. The topological polar surface area (TPSA) is 71.6 Å². The summed E-state index contributed by atoms with van der Waals surface area (Å²) in [6.45, 7) is 0. The van der Waals surface area contributed by atoms with Crippen molar-refractivity contribution < 1.29 is 4.79 Å². The lowest BCUT2D eigenvalue weighted by Crippen LogP contribution is -2.09. The average molecular weight is 314 g/mol. The Morgan fingerprint density at radius 2 is 1.96 bits per heavy atom. The van der Waals surface area contributed by atoms with Crippen LogP contribution in [0.25, 0.3) is 11.8 Å². The number of rotatable bonds is 5. The van der Waals surface area contributed by atoms with Gasteiger partial charge in [-0.3, -0.25) is 9.78 Å². The molecule has 0 aliphatic rings. The van der Waals surface area contributed by atoms with Crippen LogP contribution in [0.1, 0.15) is 17.2 Å². The average Bonchev–Trinajstić information content (AvgIpc) is 3.11. The van der Waals surface area contributed by atoms with Gasteiger partial charge in [0.1, 0.15) is 0 Å². The highest BCUT2D eigenvalue weighted by molar-refractivity contribution is 6.00. The molecule has 0 fully saturated rings. The molecule has 116 valence electrons. The summed E-state index contributed by atoms with van der Waals surface area (Å²) in [4.78, 5) is 16.3. The third-order valence-electron chi connectivity index (χ3n) is 3.46. The molecule has 5 heteroatoms. The monoisotopic (exact) mass is 314 g/mol. The molecule has 3 rings (SSSR count). The lowest BCUT2D eigenvalue weighted by atomic mass is 10.0. The van der Waals surface area contributed by atoms with Crippen molar-refractivity contribution in [2.45, 2.75) is 5.92 Å². The van der Waals surface area contributed by atoms with Crippen molar-refractivity contribution in [1.82, 2.24) is 14.8 Å². The molecule has 1 aromatic carbocycles. The van der Waals surface area contributed by atoms with Gasteiger partial charge in [-0.25, -0.2) is 4.68 Å². The molecule has 0 N–H and O–H groups in total. The molecule has 0 aliphatic carbocycles. The summed E-state index contributed by atoms with van der Waals surface area (Å²) < 4.78 is 1.73. The Bertz CT molecular complexity index is 892. The highest BCUT2D eigenvalue weighted by Crippen LogP contribution is 2.15.